The molecule has 0 aliphatic rings. The standard InChI is InChI=1S/C9H15Br3O2/c10-9(11,12)7-5-3-1-2-4-6-8(13)14/h6,13-14H,1-5,7H2. The molecule has 0 aliphatic carbocycles. The van der Waals surface area contributed by atoms with Crippen LogP contribution in [0.5, 0.6) is 0 Å². The van der Waals surface area contributed by atoms with Crippen molar-refractivity contribution in [2.75, 3.05) is 0 Å². The third kappa shape index (κ3) is 12.8. The van der Waals surface area contributed by atoms with Gasteiger partial charge in [0.05, 0.1) is 0 Å². The second-order valence-electron chi connectivity index (χ2n) is 3.13. The van der Waals surface area contributed by atoms with Gasteiger partial charge in [0.2, 0.25) is 0 Å². The van der Waals surface area contributed by atoms with Gasteiger partial charge in [0, 0.05) is 0 Å². The fourth-order valence-corrected chi connectivity index (χ4v) is 1.90. The molecule has 0 radical (unpaired) electrons. The SMILES string of the molecule is OC(O)=CCCCCCCC(Br)(Br)Br. The van der Waals surface area contributed by atoms with Gasteiger partial charge in [-0.3, -0.25) is 0 Å². The molecule has 0 rings (SSSR count). The number of aliphatic hydroxyl groups excluding tert-OH is 1. The fraction of sp³-hybridized carbons (Fsp3) is 0.778. The summed E-state index contributed by atoms with van der Waals surface area (Å²) >= 11 is 10.3. The molecule has 0 spiro atoms. The van der Waals surface area contributed by atoms with Crippen LogP contribution < -0.4 is 0 Å². The maximum Gasteiger partial charge on any atom is 0.269 e. The Morgan fingerprint density at radius 1 is 1.00 bits per heavy atom. The fourth-order valence-electron chi connectivity index (χ4n) is 1.05. The van der Waals surface area contributed by atoms with Crippen LogP contribution in [0.2, 0.25) is 0 Å². The second-order valence-corrected chi connectivity index (χ2v) is 10.4. The van der Waals surface area contributed by atoms with Gasteiger partial charge in [0.25, 0.3) is 5.95 Å². The minimum Gasteiger partial charge on any atom is -0.481 e. The molecule has 0 aromatic heterocycles. The monoisotopic (exact) mass is 392 g/mol. The van der Waals surface area contributed by atoms with Gasteiger partial charge >= 0.3 is 0 Å². The van der Waals surface area contributed by atoms with Gasteiger partial charge in [0.1, 0.15) is 2.14 Å². The Labute approximate surface area is 110 Å². The van der Waals surface area contributed by atoms with E-state index in [9.17, 15) is 0 Å². The molecule has 2 N–H and O–H groups in total. The zero-order valence-corrected chi connectivity index (χ0v) is 12.6. The summed E-state index contributed by atoms with van der Waals surface area (Å²) in [6.07, 6.45) is 7.61. The van der Waals surface area contributed by atoms with Crippen LogP contribution in [-0.4, -0.2) is 12.4 Å². The van der Waals surface area contributed by atoms with Gasteiger partial charge in [-0.05, 0) is 25.3 Å². The molecule has 14 heavy (non-hydrogen) atoms. The minimum atomic E-state index is -0.564. The minimum absolute atomic E-state index is 0.115. The van der Waals surface area contributed by atoms with Crippen molar-refractivity contribution >= 4 is 47.8 Å². The Balaban J connectivity index is 3.19. The Kier molecular flexibility index (Phi) is 8.44. The number of rotatable bonds is 6. The maximum absolute atomic E-state index is 8.46. The van der Waals surface area contributed by atoms with Crippen molar-refractivity contribution in [3.05, 3.63) is 12.0 Å². The summed E-state index contributed by atoms with van der Waals surface area (Å²) in [6, 6.07) is 0. The summed E-state index contributed by atoms with van der Waals surface area (Å²) in [6.45, 7) is 0. The first kappa shape index (κ1) is 14.8. The highest BCUT2D eigenvalue weighted by Crippen LogP contribution is 2.38. The molecule has 84 valence electrons. The molecule has 0 atom stereocenters. The Morgan fingerprint density at radius 3 is 2.07 bits per heavy atom. The number of hydrogen-bond donors (Lipinski definition) is 2. The van der Waals surface area contributed by atoms with Gasteiger partial charge < -0.3 is 10.2 Å². The van der Waals surface area contributed by atoms with Crippen LogP contribution in [0, 0.1) is 0 Å². The van der Waals surface area contributed by atoms with E-state index in [1.807, 2.05) is 0 Å². The number of unbranched alkanes of at least 4 members (excludes halogenated alkanes) is 4. The van der Waals surface area contributed by atoms with Gasteiger partial charge in [-0.15, -0.1) is 0 Å². The first-order valence-corrected chi connectivity index (χ1v) is 6.94. The predicted molar refractivity (Wildman–Crippen MR) is 70.6 cm³/mol. The molecule has 0 fully saturated rings. The van der Waals surface area contributed by atoms with Crippen molar-refractivity contribution in [2.45, 2.75) is 40.7 Å². The molecule has 5 heteroatoms. The van der Waals surface area contributed by atoms with E-state index in [2.05, 4.69) is 47.8 Å². The highest BCUT2D eigenvalue weighted by atomic mass is 80.0. The van der Waals surface area contributed by atoms with E-state index >= 15 is 0 Å². The van der Waals surface area contributed by atoms with Crippen LogP contribution in [0.25, 0.3) is 0 Å². The lowest BCUT2D eigenvalue weighted by atomic mass is 10.1. The number of halogens is 3. The largest absolute Gasteiger partial charge is 0.481 e. The maximum atomic E-state index is 8.46. The molecule has 0 heterocycles. The van der Waals surface area contributed by atoms with Crippen molar-refractivity contribution in [1.29, 1.82) is 0 Å². The second kappa shape index (κ2) is 7.99. The summed E-state index contributed by atoms with van der Waals surface area (Å²) in [5, 5.41) is 16.9. The van der Waals surface area contributed by atoms with E-state index in [-0.39, 0.29) is 2.14 Å². The summed E-state index contributed by atoms with van der Waals surface area (Å²) < 4.78 is -0.115. The molecule has 0 aromatic carbocycles. The zero-order valence-electron chi connectivity index (χ0n) is 7.85. The molecule has 0 unspecified atom stereocenters. The smallest absolute Gasteiger partial charge is 0.269 e. The predicted octanol–water partition coefficient (Wildman–Crippen LogP) is 5.12. The third-order valence-electron chi connectivity index (χ3n) is 1.74. The molecule has 0 saturated heterocycles. The lowest BCUT2D eigenvalue weighted by molar-refractivity contribution is 0.189. The number of hydrogen-bond acceptors (Lipinski definition) is 2. The summed E-state index contributed by atoms with van der Waals surface area (Å²) in [5.74, 6) is -0.564. The Morgan fingerprint density at radius 2 is 1.57 bits per heavy atom. The van der Waals surface area contributed by atoms with Crippen LogP contribution in [0.3, 0.4) is 0 Å². The van der Waals surface area contributed by atoms with Crippen molar-refractivity contribution in [3.63, 3.8) is 0 Å². The van der Waals surface area contributed by atoms with E-state index in [0.29, 0.717) is 0 Å². The van der Waals surface area contributed by atoms with Gasteiger partial charge in [-0.1, -0.05) is 67.1 Å². The van der Waals surface area contributed by atoms with E-state index < -0.39 is 5.95 Å². The average Bonchev–Trinajstić information content (AvgIpc) is 2.00. The lowest BCUT2D eigenvalue weighted by Crippen LogP contribution is -1.97. The van der Waals surface area contributed by atoms with Crippen LogP contribution in [0.4, 0.5) is 0 Å². The Bertz CT molecular complexity index is 171. The van der Waals surface area contributed by atoms with E-state index in [1.165, 1.54) is 6.08 Å². The van der Waals surface area contributed by atoms with Crippen LogP contribution in [0.1, 0.15) is 38.5 Å². The Hall–Kier alpha value is 0.780. The molecule has 0 aromatic rings. The number of alkyl halides is 3. The van der Waals surface area contributed by atoms with Crippen LogP contribution in [-0.2, 0) is 0 Å². The number of aliphatic hydroxyl groups is 2. The molecular weight excluding hydrogens is 380 g/mol. The van der Waals surface area contributed by atoms with Crippen LogP contribution in [0.15, 0.2) is 12.0 Å². The van der Waals surface area contributed by atoms with E-state index in [0.717, 1.165) is 38.5 Å². The average molecular weight is 395 g/mol. The third-order valence-corrected chi connectivity index (χ3v) is 2.93. The summed E-state index contributed by atoms with van der Waals surface area (Å²) in [5.41, 5.74) is 0. The lowest BCUT2D eigenvalue weighted by Gasteiger charge is -2.10. The molecule has 0 bridgehead atoms. The first-order chi connectivity index (χ1) is 6.42. The normalized spacial score (nSPS) is 11.4. The quantitative estimate of drug-likeness (QED) is 0.373. The van der Waals surface area contributed by atoms with E-state index in [1.54, 1.807) is 0 Å². The van der Waals surface area contributed by atoms with Crippen molar-refractivity contribution in [3.8, 4) is 0 Å². The van der Waals surface area contributed by atoms with Crippen molar-refractivity contribution in [1.82, 2.24) is 0 Å². The molecule has 0 amide bonds. The van der Waals surface area contributed by atoms with Crippen LogP contribution >= 0.6 is 47.8 Å². The molecule has 2 nitrogen and oxygen atoms in total. The summed E-state index contributed by atoms with van der Waals surface area (Å²) in [4.78, 5) is 0. The highest BCUT2D eigenvalue weighted by Gasteiger charge is 2.15. The van der Waals surface area contributed by atoms with Gasteiger partial charge in [-0.25, -0.2) is 0 Å². The number of allylic oxidation sites excluding steroid dienone is 1. The molecule has 0 aliphatic heterocycles. The van der Waals surface area contributed by atoms with Crippen molar-refractivity contribution in [2.24, 2.45) is 0 Å². The highest BCUT2D eigenvalue weighted by molar-refractivity contribution is 9.39. The topological polar surface area (TPSA) is 40.5 Å². The molecular formula is C9H15Br3O2. The van der Waals surface area contributed by atoms with Gasteiger partial charge in [0.15, 0.2) is 0 Å². The van der Waals surface area contributed by atoms with Crippen molar-refractivity contribution < 1.29 is 10.2 Å². The van der Waals surface area contributed by atoms with Gasteiger partial charge in [-0.2, -0.15) is 0 Å². The van der Waals surface area contributed by atoms with E-state index in [4.69, 9.17) is 10.2 Å². The first-order valence-electron chi connectivity index (χ1n) is 4.56. The summed E-state index contributed by atoms with van der Waals surface area (Å²) in [7, 11) is 0. The zero-order chi connectivity index (χ0) is 11.0. The molecule has 0 saturated carbocycles.